The van der Waals surface area contributed by atoms with Gasteiger partial charge < -0.3 is 24.8 Å². The highest BCUT2D eigenvalue weighted by molar-refractivity contribution is 7.85. The van der Waals surface area contributed by atoms with Crippen LogP contribution < -0.4 is 0 Å². The van der Waals surface area contributed by atoms with Crippen molar-refractivity contribution in [1.29, 1.82) is 0 Å². The number of rotatable bonds is 8. The number of ether oxygens (including phenoxy) is 2. The van der Waals surface area contributed by atoms with Crippen LogP contribution in [0.25, 0.3) is 0 Å². The summed E-state index contributed by atoms with van der Waals surface area (Å²) in [4.78, 5) is -0.262. The molecule has 22 heavy (non-hydrogen) atoms. The lowest BCUT2D eigenvalue weighted by atomic mass is 10.2. The van der Waals surface area contributed by atoms with Crippen molar-refractivity contribution in [2.45, 2.75) is 11.8 Å². The summed E-state index contributed by atoms with van der Waals surface area (Å²) in [7, 11) is -4.22. The van der Waals surface area contributed by atoms with Crippen LogP contribution >= 0.6 is 0 Å². The van der Waals surface area contributed by atoms with Crippen LogP contribution in [0.4, 0.5) is 0 Å². The van der Waals surface area contributed by atoms with E-state index in [-0.39, 0.29) is 23.9 Å². The molecule has 0 unspecified atom stereocenters. The van der Waals surface area contributed by atoms with Gasteiger partial charge in [0.2, 0.25) is 0 Å². The van der Waals surface area contributed by atoms with E-state index in [1.54, 1.807) is 0 Å². The van der Waals surface area contributed by atoms with E-state index < -0.39 is 10.1 Å². The Kier molecular flexibility index (Phi) is 10.7. The first-order valence-corrected chi connectivity index (χ1v) is 7.91. The maximum absolute atomic E-state index is 10.7. The zero-order chi connectivity index (χ0) is 17.0. The number of aryl methyl sites for hydroxylation is 1. The largest absolute Gasteiger partial charge is 0.508 e. The molecule has 0 bridgehead atoms. The number of hydrogen-bond acceptors (Lipinski definition) is 7. The van der Waals surface area contributed by atoms with Gasteiger partial charge in [0.1, 0.15) is 10.6 Å². The highest BCUT2D eigenvalue weighted by atomic mass is 32.2. The molecule has 0 aliphatic heterocycles. The Bertz CT molecular complexity index is 507. The summed E-state index contributed by atoms with van der Waals surface area (Å²) in [5, 5.41) is 25.5. The Labute approximate surface area is 129 Å². The number of hydrogen-bond donors (Lipinski definition) is 4. The summed E-state index contributed by atoms with van der Waals surface area (Å²) in [6.07, 6.45) is 0. The Morgan fingerprint density at radius 1 is 1.00 bits per heavy atom. The van der Waals surface area contributed by atoms with E-state index in [1.165, 1.54) is 19.1 Å². The van der Waals surface area contributed by atoms with E-state index in [0.29, 0.717) is 32.0 Å². The molecule has 1 aromatic carbocycles. The summed E-state index contributed by atoms with van der Waals surface area (Å²) < 4.78 is 39.7. The van der Waals surface area contributed by atoms with Gasteiger partial charge in [0.25, 0.3) is 10.1 Å². The van der Waals surface area contributed by atoms with Gasteiger partial charge in [0.05, 0.1) is 39.6 Å². The zero-order valence-electron chi connectivity index (χ0n) is 12.3. The topological polar surface area (TPSA) is 134 Å². The second-order valence-corrected chi connectivity index (χ2v) is 5.49. The van der Waals surface area contributed by atoms with Crippen molar-refractivity contribution in [1.82, 2.24) is 0 Å². The molecule has 1 aromatic rings. The fraction of sp³-hybridized carbons (Fsp3) is 0.538. The smallest absolute Gasteiger partial charge is 0.294 e. The van der Waals surface area contributed by atoms with Gasteiger partial charge >= 0.3 is 0 Å². The lowest BCUT2D eigenvalue weighted by molar-refractivity contribution is 0.0222. The fourth-order valence-electron chi connectivity index (χ4n) is 1.32. The summed E-state index contributed by atoms with van der Waals surface area (Å²) in [6, 6.07) is 3.77. The van der Waals surface area contributed by atoms with Crippen molar-refractivity contribution in [2.75, 3.05) is 39.6 Å². The van der Waals surface area contributed by atoms with Crippen LogP contribution in [0.3, 0.4) is 0 Å². The SMILES string of the molecule is Cc1ccc(O)cc1S(=O)(=O)O.OCCOCCOCCO. The van der Waals surface area contributed by atoms with Gasteiger partial charge in [-0.1, -0.05) is 6.07 Å². The average Bonchev–Trinajstić information content (AvgIpc) is 2.45. The first-order valence-electron chi connectivity index (χ1n) is 6.47. The molecule has 0 aromatic heterocycles. The number of aliphatic hydroxyl groups excluding tert-OH is 2. The predicted molar refractivity (Wildman–Crippen MR) is 78.5 cm³/mol. The molecule has 0 atom stereocenters. The van der Waals surface area contributed by atoms with Crippen LogP contribution in [0.15, 0.2) is 23.1 Å². The quantitative estimate of drug-likeness (QED) is 0.383. The minimum atomic E-state index is -4.22. The maximum Gasteiger partial charge on any atom is 0.294 e. The van der Waals surface area contributed by atoms with E-state index in [2.05, 4.69) is 0 Å². The van der Waals surface area contributed by atoms with Crippen LogP contribution in [0.2, 0.25) is 0 Å². The Hall–Kier alpha value is -1.23. The van der Waals surface area contributed by atoms with Crippen LogP contribution in [-0.4, -0.2) is 67.9 Å². The van der Waals surface area contributed by atoms with Crippen molar-refractivity contribution < 1.29 is 37.8 Å². The third-order valence-electron chi connectivity index (χ3n) is 2.29. The molecular formula is C13H22O8S. The molecule has 0 aliphatic rings. The Balaban J connectivity index is 0.000000409. The normalized spacial score (nSPS) is 10.9. The van der Waals surface area contributed by atoms with E-state index in [9.17, 15) is 8.42 Å². The average molecular weight is 338 g/mol. The van der Waals surface area contributed by atoms with Crippen molar-refractivity contribution in [2.24, 2.45) is 0 Å². The lowest BCUT2D eigenvalue weighted by Gasteiger charge is -2.01. The highest BCUT2D eigenvalue weighted by Gasteiger charge is 2.12. The zero-order valence-corrected chi connectivity index (χ0v) is 13.1. The molecule has 8 nitrogen and oxygen atoms in total. The number of aliphatic hydroxyl groups is 2. The van der Waals surface area contributed by atoms with Crippen molar-refractivity contribution in [3.05, 3.63) is 23.8 Å². The molecule has 4 N–H and O–H groups in total. The first-order chi connectivity index (χ1) is 10.3. The Morgan fingerprint density at radius 2 is 1.50 bits per heavy atom. The standard InChI is InChI=1S/C7H8O4S.C6H14O4/c1-5-2-3-6(8)4-7(5)12(9,10)11;7-1-3-9-5-6-10-4-2-8/h2-4,8H,1H3,(H,9,10,11);7-8H,1-6H2. The fourth-order valence-corrected chi connectivity index (χ4v) is 2.06. The minimum Gasteiger partial charge on any atom is -0.508 e. The van der Waals surface area contributed by atoms with Gasteiger partial charge in [0, 0.05) is 6.07 Å². The molecule has 1 rings (SSSR count). The van der Waals surface area contributed by atoms with Crippen LogP contribution in [0.5, 0.6) is 5.75 Å². The number of phenols is 1. The third-order valence-corrected chi connectivity index (χ3v) is 3.29. The summed E-state index contributed by atoms with van der Waals surface area (Å²) in [5.74, 6) is -0.187. The van der Waals surface area contributed by atoms with Crippen molar-refractivity contribution >= 4 is 10.1 Å². The first kappa shape index (κ1) is 20.8. The van der Waals surface area contributed by atoms with Gasteiger partial charge in [0.15, 0.2) is 0 Å². The predicted octanol–water partition coefficient (Wildman–Crippen LogP) is -0.0485. The monoisotopic (exact) mass is 338 g/mol. The van der Waals surface area contributed by atoms with Crippen LogP contribution in [0.1, 0.15) is 5.56 Å². The number of phenolic OH excluding ortho intramolecular Hbond substituents is 1. The molecule has 0 heterocycles. The maximum atomic E-state index is 10.7. The van der Waals surface area contributed by atoms with E-state index >= 15 is 0 Å². The number of aromatic hydroxyl groups is 1. The molecule has 0 spiro atoms. The minimum absolute atomic E-state index is 0.0417. The van der Waals surface area contributed by atoms with Gasteiger partial charge in [-0.25, -0.2) is 0 Å². The molecule has 128 valence electrons. The lowest BCUT2D eigenvalue weighted by Crippen LogP contribution is -2.09. The van der Waals surface area contributed by atoms with Gasteiger partial charge in [-0.05, 0) is 18.6 Å². The molecule has 0 fully saturated rings. The van der Waals surface area contributed by atoms with Gasteiger partial charge in [-0.3, -0.25) is 4.55 Å². The Morgan fingerprint density at radius 3 is 1.86 bits per heavy atom. The molecule has 9 heteroatoms. The van der Waals surface area contributed by atoms with E-state index in [1.807, 2.05) is 0 Å². The summed E-state index contributed by atoms with van der Waals surface area (Å²) >= 11 is 0. The molecule has 0 aliphatic carbocycles. The highest BCUT2D eigenvalue weighted by Crippen LogP contribution is 2.19. The van der Waals surface area contributed by atoms with Crippen molar-refractivity contribution in [3.63, 3.8) is 0 Å². The van der Waals surface area contributed by atoms with E-state index in [0.717, 1.165) is 6.07 Å². The second kappa shape index (κ2) is 11.4. The molecule has 0 saturated heterocycles. The summed E-state index contributed by atoms with van der Waals surface area (Å²) in [6.45, 7) is 3.26. The molecular weight excluding hydrogens is 316 g/mol. The van der Waals surface area contributed by atoms with Crippen LogP contribution in [-0.2, 0) is 19.6 Å². The third kappa shape index (κ3) is 9.66. The summed E-state index contributed by atoms with van der Waals surface area (Å²) in [5.41, 5.74) is 0.398. The van der Waals surface area contributed by atoms with Crippen LogP contribution in [0, 0.1) is 6.92 Å². The van der Waals surface area contributed by atoms with Crippen molar-refractivity contribution in [3.8, 4) is 5.75 Å². The second-order valence-electron chi connectivity index (χ2n) is 4.10. The molecule has 0 radical (unpaired) electrons. The van der Waals surface area contributed by atoms with Gasteiger partial charge in [-0.15, -0.1) is 0 Å². The van der Waals surface area contributed by atoms with E-state index in [4.69, 9.17) is 29.3 Å². The molecule has 0 saturated carbocycles. The molecule has 0 amide bonds. The number of benzene rings is 1. The van der Waals surface area contributed by atoms with Gasteiger partial charge in [-0.2, -0.15) is 8.42 Å².